The summed E-state index contributed by atoms with van der Waals surface area (Å²) in [6, 6.07) is 4.29. The van der Waals surface area contributed by atoms with Gasteiger partial charge in [-0.3, -0.25) is 5.41 Å². The molecule has 0 spiro atoms. The number of H-pyrrole nitrogens is 1. The Bertz CT molecular complexity index is 1020. The largest absolute Gasteiger partial charge is 0.387 e. The van der Waals surface area contributed by atoms with Gasteiger partial charge >= 0.3 is 0 Å². The van der Waals surface area contributed by atoms with Crippen molar-refractivity contribution in [1.82, 2.24) is 20.3 Å². The van der Waals surface area contributed by atoms with E-state index < -0.39 is 0 Å². The van der Waals surface area contributed by atoms with E-state index in [0.717, 1.165) is 30.6 Å². The quantitative estimate of drug-likeness (QED) is 0.439. The van der Waals surface area contributed by atoms with Crippen molar-refractivity contribution in [3.05, 3.63) is 59.3 Å². The molecule has 2 aromatic heterocycles. The molecule has 146 valence electrons. The lowest BCUT2D eigenvalue weighted by Gasteiger charge is -2.11. The number of nitrogens with zero attached hydrogens (tertiary/aromatic N) is 2. The van der Waals surface area contributed by atoms with Crippen LogP contribution in [0.4, 0.5) is 10.1 Å². The molecule has 4 N–H and O–H groups in total. The minimum absolute atomic E-state index is 0.188. The van der Waals surface area contributed by atoms with Gasteiger partial charge in [-0.2, -0.15) is 0 Å². The smallest absolute Gasteiger partial charge is 0.156 e. The van der Waals surface area contributed by atoms with Crippen LogP contribution in [0.3, 0.4) is 0 Å². The summed E-state index contributed by atoms with van der Waals surface area (Å²) in [7, 11) is 1.70. The molecule has 3 aromatic rings. The number of aromatic nitrogens is 3. The normalized spacial score (nSPS) is 11.6. The molecule has 0 aliphatic rings. The summed E-state index contributed by atoms with van der Waals surface area (Å²) in [4.78, 5) is 12.3. The van der Waals surface area contributed by atoms with Gasteiger partial charge in [0, 0.05) is 42.3 Å². The fourth-order valence-corrected chi connectivity index (χ4v) is 3.04. The molecule has 0 aliphatic heterocycles. The summed E-state index contributed by atoms with van der Waals surface area (Å²) in [5.41, 5.74) is 5.04. The Balaban J connectivity index is 2.04. The average molecular weight is 380 g/mol. The monoisotopic (exact) mass is 380 g/mol. The zero-order valence-electron chi connectivity index (χ0n) is 16.4. The minimum atomic E-state index is -0.355. The fourth-order valence-electron chi connectivity index (χ4n) is 3.04. The Kier molecular flexibility index (Phi) is 6.03. The first-order chi connectivity index (χ1) is 13.6. The summed E-state index contributed by atoms with van der Waals surface area (Å²) in [6.07, 6.45) is 7.48. The van der Waals surface area contributed by atoms with E-state index in [4.69, 9.17) is 10.4 Å². The molecule has 0 atom stereocenters. The van der Waals surface area contributed by atoms with Crippen molar-refractivity contribution in [3.63, 3.8) is 0 Å². The second kappa shape index (κ2) is 8.65. The van der Waals surface area contributed by atoms with E-state index >= 15 is 0 Å². The molecule has 0 aliphatic carbocycles. The Hall–Kier alpha value is -3.22. The lowest BCUT2D eigenvalue weighted by molar-refractivity contribution is 0.628. The number of hydrogen-bond acceptors (Lipinski definition) is 5. The highest BCUT2D eigenvalue weighted by molar-refractivity contribution is 6.13. The van der Waals surface area contributed by atoms with Crippen LogP contribution in [0.25, 0.3) is 16.9 Å². The number of aromatic amines is 1. The predicted octanol–water partition coefficient (Wildman–Crippen LogP) is 4.31. The van der Waals surface area contributed by atoms with Gasteiger partial charge in [-0.15, -0.1) is 0 Å². The molecule has 6 nitrogen and oxygen atoms in total. The van der Waals surface area contributed by atoms with E-state index in [1.165, 1.54) is 12.1 Å². The van der Waals surface area contributed by atoms with Gasteiger partial charge in [0.05, 0.1) is 11.9 Å². The molecule has 2 heterocycles. The number of benzene rings is 1. The van der Waals surface area contributed by atoms with E-state index in [0.29, 0.717) is 28.1 Å². The fraction of sp³-hybridized carbons (Fsp3) is 0.286. The number of allylic oxidation sites excluding steroid dienone is 1. The summed E-state index contributed by atoms with van der Waals surface area (Å²) in [5.74, 6) is -0.355. The first-order valence-corrected chi connectivity index (χ1v) is 9.44. The van der Waals surface area contributed by atoms with Gasteiger partial charge < -0.3 is 15.6 Å². The van der Waals surface area contributed by atoms with E-state index in [9.17, 15) is 4.39 Å². The summed E-state index contributed by atoms with van der Waals surface area (Å²) >= 11 is 0. The van der Waals surface area contributed by atoms with Gasteiger partial charge in [0.2, 0.25) is 0 Å². The van der Waals surface area contributed by atoms with Crippen molar-refractivity contribution in [2.45, 2.75) is 26.7 Å². The Morgan fingerprint density at radius 2 is 2.11 bits per heavy atom. The van der Waals surface area contributed by atoms with Crippen LogP contribution in [0.15, 0.2) is 36.7 Å². The molecule has 0 radical (unpaired) electrons. The molecule has 28 heavy (non-hydrogen) atoms. The zero-order chi connectivity index (χ0) is 20.1. The van der Waals surface area contributed by atoms with Crippen molar-refractivity contribution < 1.29 is 4.39 Å². The third-order valence-electron chi connectivity index (χ3n) is 4.42. The maximum Gasteiger partial charge on any atom is 0.156 e. The second-order valence-corrected chi connectivity index (χ2v) is 6.42. The van der Waals surface area contributed by atoms with Crippen LogP contribution in [0.5, 0.6) is 0 Å². The molecular weight excluding hydrogens is 355 g/mol. The number of rotatable bonds is 8. The molecule has 3 rings (SSSR count). The lowest BCUT2D eigenvalue weighted by Crippen LogP contribution is -2.13. The molecule has 0 unspecified atom stereocenters. The second-order valence-electron chi connectivity index (χ2n) is 6.42. The Labute approximate surface area is 163 Å². The maximum absolute atomic E-state index is 13.5. The van der Waals surface area contributed by atoms with Crippen molar-refractivity contribution in [3.8, 4) is 0 Å². The molecule has 0 fully saturated rings. The molecule has 0 bridgehead atoms. The van der Waals surface area contributed by atoms with Crippen molar-refractivity contribution in [2.75, 3.05) is 18.9 Å². The maximum atomic E-state index is 13.5. The van der Waals surface area contributed by atoms with E-state index in [1.54, 1.807) is 19.3 Å². The first kappa shape index (κ1) is 19.5. The van der Waals surface area contributed by atoms with E-state index in [2.05, 4.69) is 40.5 Å². The van der Waals surface area contributed by atoms with E-state index in [-0.39, 0.29) is 11.5 Å². The van der Waals surface area contributed by atoms with Crippen LogP contribution < -0.4 is 10.6 Å². The standard InChI is InChI=1S/C21H25FN6/c1-4-6-16(25-9-5-2)15-11-26-21-20(15)28-18(12-27-21)19(23)14-8-7-13(22)10-17(14)24-3/h6-8,10-12,23-25H,4-5,9H2,1-3H3,(H,26,27)/b16-6+,23-19?. The van der Waals surface area contributed by atoms with Gasteiger partial charge in [0.15, 0.2) is 5.65 Å². The van der Waals surface area contributed by atoms with Crippen LogP contribution in [-0.2, 0) is 0 Å². The van der Waals surface area contributed by atoms with Crippen molar-refractivity contribution >= 4 is 28.3 Å². The Morgan fingerprint density at radius 3 is 2.82 bits per heavy atom. The van der Waals surface area contributed by atoms with Gasteiger partial charge in [-0.1, -0.05) is 19.9 Å². The Morgan fingerprint density at radius 1 is 1.29 bits per heavy atom. The summed E-state index contributed by atoms with van der Waals surface area (Å²) < 4.78 is 13.5. The predicted molar refractivity (Wildman–Crippen MR) is 112 cm³/mol. The van der Waals surface area contributed by atoms with Gasteiger partial charge in [-0.25, -0.2) is 14.4 Å². The number of hydrogen-bond donors (Lipinski definition) is 4. The highest BCUT2D eigenvalue weighted by Gasteiger charge is 2.16. The van der Waals surface area contributed by atoms with Crippen LogP contribution in [0.2, 0.25) is 0 Å². The van der Waals surface area contributed by atoms with Crippen molar-refractivity contribution in [2.24, 2.45) is 0 Å². The molecular formula is C21H25FN6. The zero-order valence-corrected chi connectivity index (χ0v) is 16.4. The van der Waals surface area contributed by atoms with Gasteiger partial charge in [0.25, 0.3) is 0 Å². The number of fused-ring (bicyclic) bond motifs is 1. The van der Waals surface area contributed by atoms with Crippen LogP contribution in [0.1, 0.15) is 43.5 Å². The average Bonchev–Trinajstić information content (AvgIpc) is 3.13. The third-order valence-corrected chi connectivity index (χ3v) is 4.42. The van der Waals surface area contributed by atoms with Gasteiger partial charge in [0.1, 0.15) is 17.0 Å². The molecule has 0 saturated carbocycles. The van der Waals surface area contributed by atoms with Crippen LogP contribution >= 0.6 is 0 Å². The molecule has 7 heteroatoms. The SMILES string of the molecule is CC/C=C(/NCCC)c1c[nH]c2ncc(C(=N)c3ccc(F)cc3NC)nc12. The molecule has 0 amide bonds. The summed E-state index contributed by atoms with van der Waals surface area (Å²) in [6.45, 7) is 5.07. The first-order valence-electron chi connectivity index (χ1n) is 9.44. The van der Waals surface area contributed by atoms with Crippen LogP contribution in [-0.4, -0.2) is 34.3 Å². The highest BCUT2D eigenvalue weighted by Crippen LogP contribution is 2.24. The number of halogens is 1. The van der Waals surface area contributed by atoms with Crippen molar-refractivity contribution in [1.29, 1.82) is 5.41 Å². The van der Waals surface area contributed by atoms with Crippen LogP contribution in [0, 0.1) is 11.2 Å². The van der Waals surface area contributed by atoms with Gasteiger partial charge in [-0.05, 0) is 31.0 Å². The highest BCUT2D eigenvalue weighted by atomic mass is 19.1. The molecule has 0 saturated heterocycles. The number of nitrogens with one attached hydrogen (secondary N) is 4. The summed E-state index contributed by atoms with van der Waals surface area (Å²) in [5, 5.41) is 15.0. The minimum Gasteiger partial charge on any atom is -0.387 e. The number of anilines is 1. The van der Waals surface area contributed by atoms with E-state index in [1.807, 2.05) is 6.20 Å². The molecule has 1 aromatic carbocycles. The topological polar surface area (TPSA) is 89.5 Å². The third kappa shape index (κ3) is 3.88. The lowest BCUT2D eigenvalue weighted by atomic mass is 10.0.